The Morgan fingerprint density at radius 3 is 2.64 bits per heavy atom. The number of hydrogen-bond donors (Lipinski definition) is 3. The van der Waals surface area contributed by atoms with Crippen LogP contribution in [0.4, 0.5) is 0 Å². The number of rotatable bonds is 2. The SMILES string of the molecule is OC(c1ccc(S)cc1)C1CCCN1. The van der Waals surface area contributed by atoms with Gasteiger partial charge in [-0.25, -0.2) is 0 Å². The quantitative estimate of drug-likeness (QED) is 0.649. The van der Waals surface area contributed by atoms with Gasteiger partial charge in [0.05, 0.1) is 6.10 Å². The Labute approximate surface area is 89.7 Å². The maximum atomic E-state index is 10.0. The Bertz CT molecular complexity index is 293. The van der Waals surface area contributed by atoms with E-state index in [9.17, 15) is 5.11 Å². The lowest BCUT2D eigenvalue weighted by Crippen LogP contribution is -2.28. The summed E-state index contributed by atoms with van der Waals surface area (Å²) >= 11 is 4.21. The first-order valence-corrected chi connectivity index (χ1v) is 5.42. The standard InChI is InChI=1S/C11H15NOS/c13-11(10-2-1-7-12-10)8-3-5-9(14)6-4-8/h3-6,10-14H,1-2,7H2. The fraction of sp³-hybridized carbons (Fsp3) is 0.455. The van der Waals surface area contributed by atoms with Crippen LogP contribution in [0.1, 0.15) is 24.5 Å². The van der Waals surface area contributed by atoms with Gasteiger partial charge in [0.25, 0.3) is 0 Å². The fourth-order valence-corrected chi connectivity index (χ4v) is 2.03. The van der Waals surface area contributed by atoms with E-state index in [1.165, 1.54) is 0 Å². The molecule has 1 saturated heterocycles. The van der Waals surface area contributed by atoms with Crippen LogP contribution in [0.2, 0.25) is 0 Å². The van der Waals surface area contributed by atoms with Gasteiger partial charge in [0.1, 0.15) is 0 Å². The van der Waals surface area contributed by atoms with Gasteiger partial charge < -0.3 is 10.4 Å². The summed E-state index contributed by atoms with van der Waals surface area (Å²) in [6.45, 7) is 1.02. The molecule has 0 aliphatic carbocycles. The van der Waals surface area contributed by atoms with Gasteiger partial charge in [0, 0.05) is 10.9 Å². The smallest absolute Gasteiger partial charge is 0.0942 e. The number of benzene rings is 1. The molecule has 2 unspecified atom stereocenters. The molecule has 1 aliphatic rings. The average molecular weight is 209 g/mol. The van der Waals surface area contributed by atoms with Crippen LogP contribution in [0.5, 0.6) is 0 Å². The van der Waals surface area contributed by atoms with Crippen molar-refractivity contribution in [2.45, 2.75) is 29.9 Å². The van der Waals surface area contributed by atoms with E-state index in [-0.39, 0.29) is 12.1 Å². The van der Waals surface area contributed by atoms with Crippen molar-refractivity contribution in [1.82, 2.24) is 5.32 Å². The molecular weight excluding hydrogens is 194 g/mol. The minimum atomic E-state index is -0.383. The van der Waals surface area contributed by atoms with Gasteiger partial charge in [0.15, 0.2) is 0 Å². The van der Waals surface area contributed by atoms with E-state index < -0.39 is 0 Å². The monoisotopic (exact) mass is 209 g/mol. The molecular formula is C11H15NOS. The second-order valence-electron chi connectivity index (χ2n) is 3.74. The molecule has 1 fully saturated rings. The van der Waals surface area contributed by atoms with Gasteiger partial charge in [0.2, 0.25) is 0 Å². The number of hydrogen-bond acceptors (Lipinski definition) is 3. The van der Waals surface area contributed by atoms with Gasteiger partial charge in [-0.15, -0.1) is 12.6 Å². The normalized spacial score (nSPS) is 23.7. The van der Waals surface area contributed by atoms with Crippen molar-refractivity contribution >= 4 is 12.6 Å². The van der Waals surface area contributed by atoms with Gasteiger partial charge in [-0.2, -0.15) is 0 Å². The summed E-state index contributed by atoms with van der Waals surface area (Å²) in [7, 11) is 0. The Morgan fingerprint density at radius 2 is 2.07 bits per heavy atom. The summed E-state index contributed by atoms with van der Waals surface area (Å²) in [6, 6.07) is 7.92. The highest BCUT2D eigenvalue weighted by atomic mass is 32.1. The third-order valence-electron chi connectivity index (χ3n) is 2.71. The highest BCUT2D eigenvalue weighted by Gasteiger charge is 2.23. The molecule has 1 aromatic carbocycles. The minimum absolute atomic E-state index is 0.223. The van der Waals surface area contributed by atoms with Gasteiger partial charge in [-0.3, -0.25) is 0 Å². The number of aliphatic hydroxyl groups excluding tert-OH is 1. The molecule has 2 nitrogen and oxygen atoms in total. The van der Waals surface area contributed by atoms with Crippen LogP contribution in [0.25, 0.3) is 0 Å². The highest BCUT2D eigenvalue weighted by molar-refractivity contribution is 7.80. The van der Waals surface area contributed by atoms with E-state index in [0.29, 0.717) is 0 Å². The third kappa shape index (κ3) is 2.11. The largest absolute Gasteiger partial charge is 0.387 e. The molecule has 2 N–H and O–H groups in total. The van der Waals surface area contributed by atoms with Crippen LogP contribution in [0.3, 0.4) is 0 Å². The molecule has 76 valence electrons. The van der Waals surface area contributed by atoms with Gasteiger partial charge in [-0.05, 0) is 37.1 Å². The molecule has 1 heterocycles. The molecule has 0 radical (unpaired) electrons. The second-order valence-corrected chi connectivity index (χ2v) is 4.26. The first kappa shape index (κ1) is 10.0. The summed E-state index contributed by atoms with van der Waals surface area (Å²) in [5, 5.41) is 13.3. The molecule has 14 heavy (non-hydrogen) atoms. The molecule has 0 amide bonds. The number of nitrogens with one attached hydrogen (secondary N) is 1. The lowest BCUT2D eigenvalue weighted by atomic mass is 10.0. The zero-order chi connectivity index (χ0) is 9.97. The predicted octanol–water partition coefficient (Wildman–Crippen LogP) is 1.76. The summed E-state index contributed by atoms with van der Waals surface area (Å²) < 4.78 is 0. The van der Waals surface area contributed by atoms with E-state index in [1.807, 2.05) is 24.3 Å². The Morgan fingerprint density at radius 1 is 1.36 bits per heavy atom. The molecule has 2 rings (SSSR count). The van der Waals surface area contributed by atoms with Crippen molar-refractivity contribution in [1.29, 1.82) is 0 Å². The molecule has 0 bridgehead atoms. The minimum Gasteiger partial charge on any atom is -0.387 e. The highest BCUT2D eigenvalue weighted by Crippen LogP contribution is 2.23. The first-order chi connectivity index (χ1) is 6.77. The van der Waals surface area contributed by atoms with E-state index >= 15 is 0 Å². The van der Waals surface area contributed by atoms with Gasteiger partial charge in [-0.1, -0.05) is 12.1 Å². The van der Waals surface area contributed by atoms with E-state index in [4.69, 9.17) is 0 Å². The van der Waals surface area contributed by atoms with Crippen LogP contribution >= 0.6 is 12.6 Å². The second kappa shape index (κ2) is 4.34. The van der Waals surface area contributed by atoms with E-state index in [0.717, 1.165) is 29.8 Å². The average Bonchev–Trinajstić information content (AvgIpc) is 2.71. The summed E-state index contributed by atoms with van der Waals surface area (Å²) in [4.78, 5) is 0.931. The Hall–Kier alpha value is -0.510. The van der Waals surface area contributed by atoms with Crippen LogP contribution in [0, 0.1) is 0 Å². The number of thiol groups is 1. The maximum absolute atomic E-state index is 10.0. The first-order valence-electron chi connectivity index (χ1n) is 4.98. The topological polar surface area (TPSA) is 32.3 Å². The molecule has 2 atom stereocenters. The maximum Gasteiger partial charge on any atom is 0.0942 e. The lowest BCUT2D eigenvalue weighted by Gasteiger charge is -2.18. The van der Waals surface area contributed by atoms with Crippen molar-refractivity contribution in [3.8, 4) is 0 Å². The molecule has 0 spiro atoms. The predicted molar refractivity (Wildman–Crippen MR) is 59.7 cm³/mol. The van der Waals surface area contributed by atoms with Crippen molar-refractivity contribution in [2.24, 2.45) is 0 Å². The van der Waals surface area contributed by atoms with Crippen LogP contribution in [-0.2, 0) is 0 Å². The summed E-state index contributed by atoms with van der Waals surface area (Å²) in [5.41, 5.74) is 0.974. The third-order valence-corrected chi connectivity index (χ3v) is 3.01. The lowest BCUT2D eigenvalue weighted by molar-refractivity contribution is 0.137. The van der Waals surface area contributed by atoms with E-state index in [1.54, 1.807) is 0 Å². The van der Waals surface area contributed by atoms with Crippen LogP contribution in [-0.4, -0.2) is 17.7 Å². The molecule has 0 saturated carbocycles. The zero-order valence-corrected chi connectivity index (χ0v) is 8.87. The Kier molecular flexibility index (Phi) is 3.11. The summed E-state index contributed by atoms with van der Waals surface area (Å²) in [5.74, 6) is 0. The van der Waals surface area contributed by atoms with Crippen molar-refractivity contribution in [3.05, 3.63) is 29.8 Å². The number of aliphatic hydroxyl groups is 1. The van der Waals surface area contributed by atoms with Crippen molar-refractivity contribution in [3.63, 3.8) is 0 Å². The molecule has 1 aromatic rings. The molecule has 3 heteroatoms. The molecule has 1 aliphatic heterocycles. The fourth-order valence-electron chi connectivity index (χ4n) is 1.88. The van der Waals surface area contributed by atoms with Crippen molar-refractivity contribution < 1.29 is 5.11 Å². The van der Waals surface area contributed by atoms with Crippen LogP contribution in [0.15, 0.2) is 29.2 Å². The van der Waals surface area contributed by atoms with Crippen LogP contribution < -0.4 is 5.32 Å². The van der Waals surface area contributed by atoms with E-state index in [2.05, 4.69) is 17.9 Å². The zero-order valence-electron chi connectivity index (χ0n) is 7.98. The molecule has 0 aromatic heterocycles. The van der Waals surface area contributed by atoms with Gasteiger partial charge >= 0.3 is 0 Å². The van der Waals surface area contributed by atoms with Crippen molar-refractivity contribution in [2.75, 3.05) is 6.54 Å². The summed E-state index contributed by atoms with van der Waals surface area (Å²) in [6.07, 6.45) is 1.84. The Balaban J connectivity index is 2.09.